The molecular formula is C14H24N4O2. The minimum absolute atomic E-state index is 0.0610. The Morgan fingerprint density at radius 3 is 3.10 bits per heavy atom. The standard InChI is InChI=1S/C14H24N4O2/c1-14(10-19)6-3-4-12(14)17-13(20)15-7-5-11-8-16-18(2)9-11/h8-9,12,19H,3-7,10H2,1-2H3,(H2,15,17,20). The molecule has 112 valence electrons. The number of urea groups is 1. The summed E-state index contributed by atoms with van der Waals surface area (Å²) in [6.07, 6.45) is 7.47. The van der Waals surface area contributed by atoms with Gasteiger partial charge in [0.1, 0.15) is 0 Å². The summed E-state index contributed by atoms with van der Waals surface area (Å²) >= 11 is 0. The summed E-state index contributed by atoms with van der Waals surface area (Å²) < 4.78 is 1.75. The maximum atomic E-state index is 11.9. The molecule has 3 N–H and O–H groups in total. The Labute approximate surface area is 119 Å². The fraction of sp³-hybridized carbons (Fsp3) is 0.714. The SMILES string of the molecule is Cn1cc(CCNC(=O)NC2CCCC2(C)CO)cn1. The predicted octanol–water partition coefficient (Wildman–Crippen LogP) is 0.813. The van der Waals surface area contributed by atoms with Gasteiger partial charge in [-0.1, -0.05) is 13.3 Å². The van der Waals surface area contributed by atoms with Crippen LogP contribution in [0.1, 0.15) is 31.7 Å². The van der Waals surface area contributed by atoms with E-state index in [1.165, 1.54) is 0 Å². The van der Waals surface area contributed by atoms with Gasteiger partial charge in [-0.05, 0) is 24.8 Å². The number of carbonyl (C=O) groups is 1. The third-order valence-electron chi connectivity index (χ3n) is 4.21. The Morgan fingerprint density at radius 1 is 1.65 bits per heavy atom. The first-order chi connectivity index (χ1) is 9.53. The Bertz CT molecular complexity index is 460. The number of aryl methyl sites for hydroxylation is 1. The average Bonchev–Trinajstić information content (AvgIpc) is 2.98. The van der Waals surface area contributed by atoms with Crippen molar-refractivity contribution >= 4 is 6.03 Å². The summed E-state index contributed by atoms with van der Waals surface area (Å²) in [5.41, 5.74) is 0.926. The maximum Gasteiger partial charge on any atom is 0.315 e. The monoisotopic (exact) mass is 280 g/mol. The molecule has 0 saturated heterocycles. The van der Waals surface area contributed by atoms with Crippen molar-refractivity contribution in [1.82, 2.24) is 20.4 Å². The van der Waals surface area contributed by atoms with E-state index in [9.17, 15) is 9.90 Å². The lowest BCUT2D eigenvalue weighted by Crippen LogP contribution is -2.48. The molecule has 0 radical (unpaired) electrons. The highest BCUT2D eigenvalue weighted by molar-refractivity contribution is 5.74. The molecular weight excluding hydrogens is 256 g/mol. The fourth-order valence-electron chi connectivity index (χ4n) is 2.80. The van der Waals surface area contributed by atoms with Gasteiger partial charge in [0.05, 0.1) is 12.8 Å². The number of aromatic nitrogens is 2. The van der Waals surface area contributed by atoms with E-state index in [1.807, 2.05) is 20.2 Å². The largest absolute Gasteiger partial charge is 0.396 e. The van der Waals surface area contributed by atoms with Gasteiger partial charge in [-0.3, -0.25) is 4.68 Å². The third kappa shape index (κ3) is 3.50. The number of nitrogens with zero attached hydrogens (tertiary/aromatic N) is 2. The second-order valence-corrected chi connectivity index (χ2v) is 5.93. The van der Waals surface area contributed by atoms with Crippen molar-refractivity contribution in [3.05, 3.63) is 18.0 Å². The summed E-state index contributed by atoms with van der Waals surface area (Å²) in [7, 11) is 1.87. The Kier molecular flexibility index (Phi) is 4.65. The van der Waals surface area contributed by atoms with Crippen LogP contribution in [0, 0.1) is 5.41 Å². The summed E-state index contributed by atoms with van der Waals surface area (Å²) in [4.78, 5) is 11.9. The molecule has 0 aromatic carbocycles. The number of aliphatic hydroxyl groups is 1. The van der Waals surface area contributed by atoms with E-state index in [4.69, 9.17) is 0 Å². The Morgan fingerprint density at radius 2 is 2.45 bits per heavy atom. The number of aliphatic hydroxyl groups excluding tert-OH is 1. The van der Waals surface area contributed by atoms with Crippen LogP contribution < -0.4 is 10.6 Å². The number of hydrogen-bond acceptors (Lipinski definition) is 3. The summed E-state index contributed by atoms with van der Waals surface area (Å²) in [5, 5.41) is 19.4. The molecule has 1 heterocycles. The van der Waals surface area contributed by atoms with Gasteiger partial charge in [-0.2, -0.15) is 5.10 Å². The first-order valence-corrected chi connectivity index (χ1v) is 7.16. The highest BCUT2D eigenvalue weighted by Crippen LogP contribution is 2.37. The summed E-state index contributed by atoms with van der Waals surface area (Å²) in [6.45, 7) is 2.73. The van der Waals surface area contributed by atoms with E-state index in [0.29, 0.717) is 6.54 Å². The second-order valence-electron chi connectivity index (χ2n) is 5.93. The van der Waals surface area contributed by atoms with Gasteiger partial charge in [0.15, 0.2) is 0 Å². The van der Waals surface area contributed by atoms with E-state index >= 15 is 0 Å². The van der Waals surface area contributed by atoms with E-state index in [-0.39, 0.29) is 24.1 Å². The average molecular weight is 280 g/mol. The first-order valence-electron chi connectivity index (χ1n) is 7.16. The first kappa shape index (κ1) is 14.8. The molecule has 20 heavy (non-hydrogen) atoms. The molecule has 6 heteroatoms. The van der Waals surface area contributed by atoms with Gasteiger partial charge in [0.25, 0.3) is 0 Å². The van der Waals surface area contributed by atoms with Crippen molar-refractivity contribution in [3.63, 3.8) is 0 Å². The highest BCUT2D eigenvalue weighted by atomic mass is 16.3. The van der Waals surface area contributed by atoms with Gasteiger partial charge in [0, 0.05) is 31.2 Å². The van der Waals surface area contributed by atoms with Gasteiger partial charge in [-0.25, -0.2) is 4.79 Å². The van der Waals surface area contributed by atoms with Crippen LogP contribution in [0.4, 0.5) is 4.79 Å². The molecule has 0 aliphatic heterocycles. The lowest BCUT2D eigenvalue weighted by molar-refractivity contribution is 0.121. The minimum atomic E-state index is -0.180. The molecule has 1 aliphatic rings. The molecule has 1 saturated carbocycles. The number of amides is 2. The minimum Gasteiger partial charge on any atom is -0.396 e. The third-order valence-corrected chi connectivity index (χ3v) is 4.21. The van der Waals surface area contributed by atoms with Crippen LogP contribution >= 0.6 is 0 Å². The van der Waals surface area contributed by atoms with Crippen LogP contribution in [0.15, 0.2) is 12.4 Å². The van der Waals surface area contributed by atoms with Crippen molar-refractivity contribution in [2.45, 2.75) is 38.6 Å². The van der Waals surface area contributed by atoms with E-state index in [1.54, 1.807) is 10.9 Å². The van der Waals surface area contributed by atoms with Crippen LogP contribution in [0.3, 0.4) is 0 Å². The molecule has 1 fully saturated rings. The van der Waals surface area contributed by atoms with E-state index in [0.717, 1.165) is 31.2 Å². The van der Waals surface area contributed by atoms with Crippen molar-refractivity contribution in [2.24, 2.45) is 12.5 Å². The molecule has 2 atom stereocenters. The van der Waals surface area contributed by atoms with Gasteiger partial charge < -0.3 is 15.7 Å². The second kappa shape index (κ2) is 6.26. The molecule has 6 nitrogen and oxygen atoms in total. The van der Waals surface area contributed by atoms with Crippen molar-refractivity contribution in [2.75, 3.05) is 13.2 Å². The van der Waals surface area contributed by atoms with Crippen molar-refractivity contribution in [1.29, 1.82) is 0 Å². The molecule has 2 unspecified atom stereocenters. The topological polar surface area (TPSA) is 79.2 Å². The highest BCUT2D eigenvalue weighted by Gasteiger charge is 2.38. The van der Waals surface area contributed by atoms with Crippen LogP contribution in [-0.2, 0) is 13.5 Å². The van der Waals surface area contributed by atoms with Gasteiger partial charge >= 0.3 is 6.03 Å². The van der Waals surface area contributed by atoms with Crippen LogP contribution in [0.5, 0.6) is 0 Å². The van der Waals surface area contributed by atoms with E-state index in [2.05, 4.69) is 15.7 Å². The zero-order chi connectivity index (χ0) is 14.6. The molecule has 1 aliphatic carbocycles. The quantitative estimate of drug-likeness (QED) is 0.747. The van der Waals surface area contributed by atoms with Crippen LogP contribution in [0.25, 0.3) is 0 Å². The zero-order valence-electron chi connectivity index (χ0n) is 12.2. The summed E-state index contributed by atoms with van der Waals surface area (Å²) in [5.74, 6) is 0. The van der Waals surface area contributed by atoms with Crippen molar-refractivity contribution < 1.29 is 9.90 Å². The molecule has 1 aromatic heterocycles. The molecule has 0 spiro atoms. The fourth-order valence-corrected chi connectivity index (χ4v) is 2.80. The molecule has 1 aromatic rings. The van der Waals surface area contributed by atoms with Crippen molar-refractivity contribution in [3.8, 4) is 0 Å². The van der Waals surface area contributed by atoms with Gasteiger partial charge in [0.2, 0.25) is 0 Å². The molecule has 0 bridgehead atoms. The molecule has 2 rings (SSSR count). The maximum absolute atomic E-state index is 11.9. The zero-order valence-corrected chi connectivity index (χ0v) is 12.2. The smallest absolute Gasteiger partial charge is 0.315 e. The van der Waals surface area contributed by atoms with Crippen LogP contribution in [-0.4, -0.2) is 40.1 Å². The lowest BCUT2D eigenvalue weighted by atomic mass is 9.86. The number of carbonyl (C=O) groups excluding carboxylic acids is 1. The number of hydrogen-bond donors (Lipinski definition) is 3. The normalized spacial score (nSPS) is 25.6. The molecule has 2 amide bonds. The lowest BCUT2D eigenvalue weighted by Gasteiger charge is -2.30. The number of nitrogens with one attached hydrogen (secondary N) is 2. The summed E-state index contributed by atoms with van der Waals surface area (Å²) in [6, 6.07) is -0.0913. The number of rotatable bonds is 5. The van der Waals surface area contributed by atoms with Crippen LogP contribution in [0.2, 0.25) is 0 Å². The Balaban J connectivity index is 1.73. The predicted molar refractivity (Wildman–Crippen MR) is 76.3 cm³/mol. The van der Waals surface area contributed by atoms with Gasteiger partial charge in [-0.15, -0.1) is 0 Å². The Hall–Kier alpha value is -1.56. The van der Waals surface area contributed by atoms with E-state index < -0.39 is 0 Å².